The molecule has 1 atom stereocenters. The Morgan fingerprint density at radius 2 is 1.82 bits per heavy atom. The molecule has 0 saturated heterocycles. The number of furan rings is 1. The highest BCUT2D eigenvalue weighted by Crippen LogP contribution is 2.32. The summed E-state index contributed by atoms with van der Waals surface area (Å²) >= 11 is 0. The van der Waals surface area contributed by atoms with E-state index in [9.17, 15) is 9.18 Å². The maximum absolute atomic E-state index is 13.7. The van der Waals surface area contributed by atoms with E-state index in [1.165, 1.54) is 17.7 Å². The lowest BCUT2D eigenvalue weighted by atomic mass is 10.00. The minimum Gasteiger partial charge on any atom is -0.468 e. The van der Waals surface area contributed by atoms with E-state index in [-0.39, 0.29) is 11.4 Å². The molecule has 5 rings (SSSR count). The Hall–Kier alpha value is -4.11. The lowest BCUT2D eigenvalue weighted by Crippen LogP contribution is -2.37. The van der Waals surface area contributed by atoms with Gasteiger partial charge in [-0.3, -0.25) is 9.69 Å². The number of hydrogen-bond acceptors (Lipinski definition) is 6. The number of pyridine rings is 1. The second-order valence-corrected chi connectivity index (χ2v) is 10.5. The molecule has 196 valence electrons. The monoisotopic (exact) mass is 514 g/mol. The fraction of sp³-hybridized carbons (Fsp3) is 0.310. The van der Waals surface area contributed by atoms with E-state index in [4.69, 9.17) is 4.42 Å². The number of hydrogen-bond donors (Lipinski definition) is 1. The predicted molar refractivity (Wildman–Crippen MR) is 143 cm³/mol. The standard InChI is InChI=1S/C29H31FN6O2/c1-5-19-10-13-25-21(15-19)16-24(28(37)31-25)26(27-32-33-34-36(27)29(2,3)4)35(18-23-7-6-14-38-23)17-20-8-11-22(30)12-9-20/h6-16,26H,5,17-18H2,1-4H3,(H,31,37). The largest absolute Gasteiger partial charge is 0.468 e. The number of nitrogens with one attached hydrogen (secondary N) is 1. The quantitative estimate of drug-likeness (QED) is 0.300. The van der Waals surface area contributed by atoms with Crippen LogP contribution in [0.2, 0.25) is 0 Å². The van der Waals surface area contributed by atoms with Crippen molar-refractivity contribution in [3.05, 3.63) is 111 Å². The van der Waals surface area contributed by atoms with Gasteiger partial charge in [0.05, 0.1) is 18.3 Å². The lowest BCUT2D eigenvalue weighted by Gasteiger charge is -2.32. The van der Waals surface area contributed by atoms with E-state index in [2.05, 4.69) is 38.4 Å². The van der Waals surface area contributed by atoms with Crippen molar-refractivity contribution in [2.24, 2.45) is 0 Å². The van der Waals surface area contributed by atoms with E-state index in [1.54, 1.807) is 23.1 Å². The molecule has 38 heavy (non-hydrogen) atoms. The van der Waals surface area contributed by atoms with Crippen LogP contribution in [0.1, 0.15) is 62.0 Å². The average Bonchev–Trinajstić information content (AvgIpc) is 3.58. The highest BCUT2D eigenvalue weighted by molar-refractivity contribution is 5.80. The number of rotatable bonds is 8. The van der Waals surface area contributed by atoms with Gasteiger partial charge in [-0.25, -0.2) is 9.07 Å². The number of benzene rings is 2. The first-order valence-electron chi connectivity index (χ1n) is 12.7. The summed E-state index contributed by atoms with van der Waals surface area (Å²) in [4.78, 5) is 18.8. The Bertz CT molecular complexity index is 1580. The van der Waals surface area contributed by atoms with Crippen LogP contribution in [0.5, 0.6) is 0 Å². The number of tetrazole rings is 1. The molecule has 1 N–H and O–H groups in total. The lowest BCUT2D eigenvalue weighted by molar-refractivity contribution is 0.171. The minimum absolute atomic E-state index is 0.223. The SMILES string of the molecule is CCc1ccc2[nH]c(=O)c(C(c3nnnn3C(C)(C)C)N(Cc3ccc(F)cc3)Cc3ccco3)cc2c1. The van der Waals surface area contributed by atoms with Crippen molar-refractivity contribution in [1.29, 1.82) is 0 Å². The van der Waals surface area contributed by atoms with Crippen LogP contribution < -0.4 is 5.56 Å². The van der Waals surface area contributed by atoms with Gasteiger partial charge < -0.3 is 9.40 Å². The van der Waals surface area contributed by atoms with Crippen LogP contribution in [0.3, 0.4) is 0 Å². The highest BCUT2D eigenvalue weighted by Gasteiger charge is 2.34. The summed E-state index contributed by atoms with van der Waals surface area (Å²) in [5, 5.41) is 13.7. The van der Waals surface area contributed by atoms with Crippen LogP contribution in [0.4, 0.5) is 4.39 Å². The second kappa shape index (κ2) is 10.3. The second-order valence-electron chi connectivity index (χ2n) is 10.5. The molecule has 0 radical (unpaired) electrons. The summed E-state index contributed by atoms with van der Waals surface area (Å²) in [7, 11) is 0. The third-order valence-electron chi connectivity index (χ3n) is 6.62. The van der Waals surface area contributed by atoms with Crippen molar-refractivity contribution in [3.8, 4) is 0 Å². The fourth-order valence-electron chi connectivity index (χ4n) is 4.70. The van der Waals surface area contributed by atoms with E-state index in [0.29, 0.717) is 24.5 Å². The van der Waals surface area contributed by atoms with Gasteiger partial charge in [-0.1, -0.05) is 25.1 Å². The Labute approximate surface area is 220 Å². The zero-order chi connectivity index (χ0) is 26.9. The Morgan fingerprint density at radius 3 is 2.50 bits per heavy atom. The molecule has 1 unspecified atom stereocenters. The van der Waals surface area contributed by atoms with Crippen molar-refractivity contribution in [3.63, 3.8) is 0 Å². The van der Waals surface area contributed by atoms with Gasteiger partial charge in [-0.2, -0.15) is 0 Å². The molecule has 8 nitrogen and oxygen atoms in total. The molecule has 0 amide bonds. The average molecular weight is 515 g/mol. The van der Waals surface area contributed by atoms with E-state index < -0.39 is 11.6 Å². The van der Waals surface area contributed by atoms with Crippen LogP contribution in [-0.4, -0.2) is 30.1 Å². The summed E-state index contributed by atoms with van der Waals surface area (Å²) in [6, 6.07) is 17.4. The van der Waals surface area contributed by atoms with Crippen molar-refractivity contribution >= 4 is 10.9 Å². The number of fused-ring (bicyclic) bond motifs is 1. The maximum Gasteiger partial charge on any atom is 0.253 e. The number of halogens is 1. The summed E-state index contributed by atoms with van der Waals surface area (Å²) in [5.41, 5.74) is 2.66. The molecule has 0 spiro atoms. The Balaban J connectivity index is 1.72. The van der Waals surface area contributed by atoms with Crippen molar-refractivity contribution in [1.82, 2.24) is 30.1 Å². The Kier molecular flexibility index (Phi) is 6.94. The zero-order valence-electron chi connectivity index (χ0n) is 22.0. The molecule has 5 aromatic rings. The van der Waals surface area contributed by atoms with Gasteiger partial charge in [0.25, 0.3) is 5.56 Å². The molecular weight excluding hydrogens is 483 g/mol. The topological polar surface area (TPSA) is 92.8 Å². The molecule has 0 aliphatic rings. The van der Waals surface area contributed by atoms with Crippen LogP contribution >= 0.6 is 0 Å². The first-order chi connectivity index (χ1) is 18.2. The van der Waals surface area contributed by atoms with Gasteiger partial charge in [0.2, 0.25) is 0 Å². The maximum atomic E-state index is 13.7. The molecule has 3 heterocycles. The van der Waals surface area contributed by atoms with Crippen molar-refractivity contribution in [2.75, 3.05) is 0 Å². The number of aromatic amines is 1. The van der Waals surface area contributed by atoms with Gasteiger partial charge in [0.15, 0.2) is 5.82 Å². The third kappa shape index (κ3) is 5.28. The predicted octanol–water partition coefficient (Wildman–Crippen LogP) is 5.36. The zero-order valence-corrected chi connectivity index (χ0v) is 22.0. The van der Waals surface area contributed by atoms with Gasteiger partial charge in [0.1, 0.15) is 17.6 Å². The summed E-state index contributed by atoms with van der Waals surface area (Å²) in [5.74, 6) is 0.942. The van der Waals surface area contributed by atoms with Gasteiger partial charge in [0, 0.05) is 17.6 Å². The summed E-state index contributed by atoms with van der Waals surface area (Å²) < 4.78 is 21.2. The molecule has 0 fully saturated rings. The van der Waals surface area contributed by atoms with E-state index in [0.717, 1.165) is 28.6 Å². The number of nitrogens with zero attached hydrogens (tertiary/aromatic N) is 5. The molecule has 0 bridgehead atoms. The summed E-state index contributed by atoms with van der Waals surface area (Å²) in [6.45, 7) is 8.91. The number of aromatic nitrogens is 5. The van der Waals surface area contributed by atoms with Gasteiger partial charge >= 0.3 is 0 Å². The minimum atomic E-state index is -0.627. The smallest absolute Gasteiger partial charge is 0.253 e. The van der Waals surface area contributed by atoms with Crippen molar-refractivity contribution < 1.29 is 8.81 Å². The number of H-pyrrole nitrogens is 1. The third-order valence-corrected chi connectivity index (χ3v) is 6.62. The molecule has 2 aromatic carbocycles. The molecule has 9 heteroatoms. The van der Waals surface area contributed by atoms with Gasteiger partial charge in [-0.15, -0.1) is 5.10 Å². The van der Waals surface area contributed by atoms with Crippen LogP contribution in [0.25, 0.3) is 10.9 Å². The molecule has 0 aliphatic carbocycles. The summed E-state index contributed by atoms with van der Waals surface area (Å²) in [6.07, 6.45) is 2.50. The van der Waals surface area contributed by atoms with Crippen LogP contribution in [0, 0.1) is 5.82 Å². The van der Waals surface area contributed by atoms with Crippen LogP contribution in [0.15, 0.2) is 76.1 Å². The first kappa shape index (κ1) is 25.5. The van der Waals surface area contributed by atoms with E-state index in [1.807, 2.05) is 51.1 Å². The van der Waals surface area contributed by atoms with E-state index >= 15 is 0 Å². The first-order valence-corrected chi connectivity index (χ1v) is 12.7. The molecule has 3 aromatic heterocycles. The normalized spacial score (nSPS) is 12.9. The highest BCUT2D eigenvalue weighted by atomic mass is 19.1. The molecule has 0 aliphatic heterocycles. The van der Waals surface area contributed by atoms with Crippen LogP contribution in [-0.2, 0) is 25.0 Å². The fourth-order valence-corrected chi connectivity index (χ4v) is 4.70. The van der Waals surface area contributed by atoms with Crippen molar-refractivity contribution in [2.45, 2.75) is 58.8 Å². The molecular formula is C29H31FN6O2. The van der Waals surface area contributed by atoms with Gasteiger partial charge in [-0.05, 0) is 96.6 Å². The Morgan fingerprint density at radius 1 is 1.05 bits per heavy atom. The number of aryl methyl sites for hydroxylation is 1. The molecule has 0 saturated carbocycles.